The Morgan fingerprint density at radius 2 is 1.70 bits per heavy atom. The first-order valence-electron chi connectivity index (χ1n) is 6.82. The summed E-state index contributed by atoms with van der Waals surface area (Å²) in [7, 11) is 0. The van der Waals surface area contributed by atoms with Gasteiger partial charge in [-0.15, -0.1) is 0 Å². The summed E-state index contributed by atoms with van der Waals surface area (Å²) in [4.78, 5) is 34.4. The average molecular weight is 387 g/mol. The molecular weight excluding hydrogens is 368 g/mol. The van der Waals surface area contributed by atoms with Crippen molar-refractivity contribution in [3.8, 4) is 5.75 Å². The molecule has 2 N–H and O–H groups in total. The Kier molecular flexibility index (Phi) is 7.02. The van der Waals surface area contributed by atoms with Crippen LogP contribution in [0.3, 0.4) is 0 Å². The van der Waals surface area contributed by atoms with Crippen LogP contribution in [-0.2, 0) is 14.3 Å². The first kappa shape index (κ1) is 19.0. The number of hydrogen-bond donors (Lipinski definition) is 2. The molecule has 126 valence electrons. The van der Waals surface area contributed by atoms with E-state index in [0.717, 1.165) is 4.47 Å². The molecule has 0 fully saturated rings. The molecule has 8 heteroatoms. The Bertz CT molecular complexity index is 566. The molecule has 23 heavy (non-hydrogen) atoms. The molecule has 0 aromatic heterocycles. The Morgan fingerprint density at radius 1 is 1.09 bits per heavy atom. The molecule has 0 bridgehead atoms. The maximum Gasteiger partial charge on any atom is 0.344 e. The van der Waals surface area contributed by atoms with Crippen molar-refractivity contribution in [2.24, 2.45) is 0 Å². The number of hydrogen-bond acceptors (Lipinski definition) is 5. The van der Waals surface area contributed by atoms with E-state index >= 15 is 0 Å². The van der Waals surface area contributed by atoms with Crippen LogP contribution in [0.15, 0.2) is 28.7 Å². The van der Waals surface area contributed by atoms with Gasteiger partial charge in [-0.2, -0.15) is 0 Å². The van der Waals surface area contributed by atoms with Crippen LogP contribution < -0.4 is 15.4 Å². The summed E-state index contributed by atoms with van der Waals surface area (Å²) >= 11 is 3.28. The summed E-state index contributed by atoms with van der Waals surface area (Å²) in [6, 6.07) is 6.25. The highest BCUT2D eigenvalue weighted by Gasteiger charge is 2.16. The van der Waals surface area contributed by atoms with Gasteiger partial charge in [-0.05, 0) is 45.0 Å². The number of urea groups is 1. The van der Waals surface area contributed by atoms with E-state index in [2.05, 4.69) is 26.6 Å². The molecule has 1 rings (SSSR count). The van der Waals surface area contributed by atoms with Crippen molar-refractivity contribution in [2.45, 2.75) is 26.3 Å². The van der Waals surface area contributed by atoms with Crippen LogP contribution in [0.25, 0.3) is 0 Å². The van der Waals surface area contributed by atoms with Crippen LogP contribution in [0.2, 0.25) is 0 Å². The predicted octanol–water partition coefficient (Wildman–Crippen LogP) is 2.00. The van der Waals surface area contributed by atoms with Gasteiger partial charge in [0.15, 0.2) is 13.2 Å². The molecule has 0 atom stereocenters. The van der Waals surface area contributed by atoms with Crippen LogP contribution in [0.4, 0.5) is 4.79 Å². The lowest BCUT2D eigenvalue weighted by Gasteiger charge is -2.20. The van der Waals surface area contributed by atoms with E-state index in [1.54, 1.807) is 45.0 Å². The second kappa shape index (κ2) is 8.52. The van der Waals surface area contributed by atoms with Crippen LogP contribution in [0.5, 0.6) is 5.75 Å². The molecule has 1 aromatic rings. The summed E-state index contributed by atoms with van der Waals surface area (Å²) in [6.07, 6.45) is 0. The number of carbonyl (C=O) groups is 3. The molecule has 1 aromatic carbocycles. The minimum atomic E-state index is -0.719. The van der Waals surface area contributed by atoms with Crippen molar-refractivity contribution in [2.75, 3.05) is 13.2 Å². The number of halogens is 1. The van der Waals surface area contributed by atoms with Crippen LogP contribution in [-0.4, -0.2) is 36.7 Å². The second-order valence-electron chi connectivity index (χ2n) is 5.66. The van der Waals surface area contributed by atoms with Crippen molar-refractivity contribution in [3.63, 3.8) is 0 Å². The zero-order valence-electron chi connectivity index (χ0n) is 13.1. The lowest BCUT2D eigenvalue weighted by molar-refractivity contribution is -0.150. The number of benzene rings is 1. The van der Waals surface area contributed by atoms with Crippen LogP contribution in [0.1, 0.15) is 20.8 Å². The summed E-state index contributed by atoms with van der Waals surface area (Å²) in [6.45, 7) is 4.44. The fraction of sp³-hybridized carbons (Fsp3) is 0.400. The van der Waals surface area contributed by atoms with Gasteiger partial charge in [-0.3, -0.25) is 10.1 Å². The molecule has 7 nitrogen and oxygen atoms in total. The first-order valence-corrected chi connectivity index (χ1v) is 7.61. The van der Waals surface area contributed by atoms with E-state index < -0.39 is 30.1 Å². The van der Waals surface area contributed by atoms with E-state index in [0.29, 0.717) is 5.75 Å². The molecule has 0 heterocycles. The van der Waals surface area contributed by atoms with E-state index in [1.807, 2.05) is 0 Å². The number of nitrogens with one attached hydrogen (secondary N) is 2. The van der Waals surface area contributed by atoms with Gasteiger partial charge in [0.1, 0.15) is 5.75 Å². The minimum absolute atomic E-state index is 0.330. The summed E-state index contributed by atoms with van der Waals surface area (Å²) in [5.41, 5.74) is -0.473. The van der Waals surface area contributed by atoms with E-state index in [1.165, 1.54) is 0 Å². The third-order valence-corrected chi connectivity index (χ3v) is 2.80. The summed E-state index contributed by atoms with van der Waals surface area (Å²) in [5, 5.41) is 4.61. The number of esters is 1. The van der Waals surface area contributed by atoms with Crippen molar-refractivity contribution in [1.29, 1.82) is 0 Å². The fourth-order valence-corrected chi connectivity index (χ4v) is 1.66. The molecule has 0 spiro atoms. The van der Waals surface area contributed by atoms with E-state index in [9.17, 15) is 14.4 Å². The van der Waals surface area contributed by atoms with Gasteiger partial charge in [-0.1, -0.05) is 15.9 Å². The first-order chi connectivity index (χ1) is 10.7. The monoisotopic (exact) mass is 386 g/mol. The van der Waals surface area contributed by atoms with Crippen LogP contribution in [0, 0.1) is 0 Å². The summed E-state index contributed by atoms with van der Waals surface area (Å²) in [5.74, 6) is -0.929. The topological polar surface area (TPSA) is 93.7 Å². The fourth-order valence-electron chi connectivity index (χ4n) is 1.40. The zero-order valence-corrected chi connectivity index (χ0v) is 14.7. The molecule has 0 saturated carbocycles. The Balaban J connectivity index is 2.26. The van der Waals surface area contributed by atoms with Crippen LogP contribution >= 0.6 is 15.9 Å². The maximum atomic E-state index is 11.5. The van der Waals surface area contributed by atoms with Crippen molar-refractivity contribution >= 4 is 33.8 Å². The van der Waals surface area contributed by atoms with E-state index in [-0.39, 0.29) is 6.61 Å². The predicted molar refractivity (Wildman–Crippen MR) is 87.0 cm³/mol. The number of amides is 3. The largest absolute Gasteiger partial charge is 0.482 e. The molecule has 3 amide bonds. The highest BCUT2D eigenvalue weighted by atomic mass is 79.9. The molecule has 0 aliphatic carbocycles. The number of carbonyl (C=O) groups excluding carboxylic acids is 3. The second-order valence-corrected chi connectivity index (χ2v) is 6.57. The van der Waals surface area contributed by atoms with Gasteiger partial charge in [-0.25, -0.2) is 9.59 Å². The quantitative estimate of drug-likeness (QED) is 0.754. The third kappa shape index (κ3) is 8.82. The lowest BCUT2D eigenvalue weighted by atomic mass is 10.1. The van der Waals surface area contributed by atoms with Gasteiger partial charge in [0.2, 0.25) is 0 Å². The van der Waals surface area contributed by atoms with Gasteiger partial charge < -0.3 is 14.8 Å². The number of ether oxygens (including phenoxy) is 2. The van der Waals surface area contributed by atoms with Gasteiger partial charge in [0.05, 0.1) is 0 Å². The minimum Gasteiger partial charge on any atom is -0.482 e. The highest BCUT2D eigenvalue weighted by molar-refractivity contribution is 9.10. The standard InChI is InChI=1S/C15H19BrN2O5/c1-15(2,3)18-14(21)17-12(19)8-23-13(20)9-22-11-6-4-10(16)5-7-11/h4-7H,8-9H2,1-3H3,(H2,17,18,19,21). The average Bonchev–Trinajstić information content (AvgIpc) is 2.42. The molecule has 0 unspecified atom stereocenters. The number of rotatable bonds is 5. The Hall–Kier alpha value is -2.09. The molecule has 0 aliphatic heterocycles. The SMILES string of the molecule is CC(C)(C)NC(=O)NC(=O)COC(=O)COc1ccc(Br)cc1. The van der Waals surface area contributed by atoms with Gasteiger partial charge in [0.25, 0.3) is 5.91 Å². The third-order valence-electron chi connectivity index (χ3n) is 2.28. The normalized spacial score (nSPS) is 10.6. The Morgan fingerprint density at radius 3 is 2.26 bits per heavy atom. The van der Waals surface area contributed by atoms with Crippen molar-refractivity contribution in [3.05, 3.63) is 28.7 Å². The van der Waals surface area contributed by atoms with Gasteiger partial charge >= 0.3 is 12.0 Å². The lowest BCUT2D eigenvalue weighted by Crippen LogP contribution is -2.49. The zero-order chi connectivity index (χ0) is 17.5. The molecule has 0 aliphatic rings. The maximum absolute atomic E-state index is 11.5. The molecule has 0 radical (unpaired) electrons. The number of imide groups is 1. The smallest absolute Gasteiger partial charge is 0.344 e. The van der Waals surface area contributed by atoms with E-state index in [4.69, 9.17) is 9.47 Å². The highest BCUT2D eigenvalue weighted by Crippen LogP contribution is 2.15. The molecular formula is C15H19BrN2O5. The Labute approximate surface area is 142 Å². The van der Waals surface area contributed by atoms with Gasteiger partial charge in [0, 0.05) is 10.0 Å². The van der Waals surface area contributed by atoms with Crippen molar-refractivity contribution < 1.29 is 23.9 Å². The van der Waals surface area contributed by atoms with Crippen molar-refractivity contribution in [1.82, 2.24) is 10.6 Å². The summed E-state index contributed by atoms with van der Waals surface area (Å²) < 4.78 is 10.8. The molecule has 0 saturated heterocycles.